The minimum absolute atomic E-state index is 0.00390. The molecule has 5 nitrogen and oxygen atoms in total. The van der Waals surface area contributed by atoms with Crippen LogP contribution in [0.2, 0.25) is 0 Å². The molecule has 3 rings (SSSR count). The second-order valence-corrected chi connectivity index (χ2v) is 5.03. The van der Waals surface area contributed by atoms with Crippen molar-refractivity contribution in [3.63, 3.8) is 0 Å². The lowest BCUT2D eigenvalue weighted by atomic mass is 9.96. The predicted octanol–water partition coefficient (Wildman–Crippen LogP) is 3.12. The molecule has 114 valence electrons. The summed E-state index contributed by atoms with van der Waals surface area (Å²) in [4.78, 5) is 12.3. The van der Waals surface area contributed by atoms with Gasteiger partial charge in [0.15, 0.2) is 17.3 Å². The van der Waals surface area contributed by atoms with Crippen LogP contribution in [0.25, 0.3) is 0 Å². The van der Waals surface area contributed by atoms with E-state index in [0.29, 0.717) is 22.8 Å². The summed E-state index contributed by atoms with van der Waals surface area (Å²) in [5.41, 5.74) is 1.27. The number of rotatable bonds is 3. The van der Waals surface area contributed by atoms with Gasteiger partial charge in [0.2, 0.25) is 0 Å². The predicted molar refractivity (Wildman–Crippen MR) is 80.0 cm³/mol. The molecule has 5 heteroatoms. The highest BCUT2D eigenvalue weighted by atomic mass is 16.5. The number of phenols is 1. The number of methoxy groups -OCH3 is 2. The quantitative estimate of drug-likeness (QED) is 0.943. The minimum Gasteiger partial charge on any atom is -0.504 e. The van der Waals surface area contributed by atoms with Gasteiger partial charge in [0.1, 0.15) is 17.6 Å². The van der Waals surface area contributed by atoms with E-state index in [1.807, 2.05) is 0 Å². The van der Waals surface area contributed by atoms with Gasteiger partial charge in [0, 0.05) is 6.07 Å². The van der Waals surface area contributed by atoms with Crippen LogP contribution < -0.4 is 14.2 Å². The van der Waals surface area contributed by atoms with Crippen LogP contribution in [0, 0.1) is 0 Å². The fourth-order valence-electron chi connectivity index (χ4n) is 2.52. The lowest BCUT2D eigenvalue weighted by Crippen LogP contribution is -2.20. The van der Waals surface area contributed by atoms with Gasteiger partial charge in [-0.05, 0) is 29.8 Å². The van der Waals surface area contributed by atoms with Gasteiger partial charge in [0.25, 0.3) is 0 Å². The van der Waals surface area contributed by atoms with E-state index in [2.05, 4.69) is 0 Å². The first-order chi connectivity index (χ1) is 10.6. The molecule has 1 N–H and O–H groups in total. The third kappa shape index (κ3) is 2.45. The monoisotopic (exact) mass is 300 g/mol. The molecule has 0 fully saturated rings. The van der Waals surface area contributed by atoms with Crippen molar-refractivity contribution in [2.75, 3.05) is 14.2 Å². The second-order valence-electron chi connectivity index (χ2n) is 5.03. The van der Waals surface area contributed by atoms with Crippen molar-refractivity contribution in [2.24, 2.45) is 0 Å². The summed E-state index contributed by atoms with van der Waals surface area (Å²) in [6.45, 7) is 0. The van der Waals surface area contributed by atoms with Gasteiger partial charge in [-0.3, -0.25) is 4.79 Å². The Bertz CT molecular complexity index is 723. The largest absolute Gasteiger partial charge is 0.504 e. The Hall–Kier alpha value is -2.69. The molecule has 2 aromatic rings. The van der Waals surface area contributed by atoms with Crippen LogP contribution in [0.15, 0.2) is 36.4 Å². The summed E-state index contributed by atoms with van der Waals surface area (Å²) in [6.07, 6.45) is -0.214. The molecule has 1 aliphatic heterocycles. The molecule has 0 saturated heterocycles. The topological polar surface area (TPSA) is 65.0 Å². The van der Waals surface area contributed by atoms with Gasteiger partial charge in [-0.1, -0.05) is 6.07 Å². The van der Waals surface area contributed by atoms with Gasteiger partial charge in [-0.15, -0.1) is 0 Å². The zero-order valence-electron chi connectivity index (χ0n) is 12.3. The SMILES string of the molecule is COc1ccc2c(c1)OC(c1ccc(OC)c(O)c1)CC2=O. The van der Waals surface area contributed by atoms with E-state index in [4.69, 9.17) is 14.2 Å². The minimum atomic E-state index is -0.441. The lowest BCUT2D eigenvalue weighted by Gasteiger charge is -2.26. The molecular formula is C17H16O5. The van der Waals surface area contributed by atoms with Crippen LogP contribution in [0.5, 0.6) is 23.0 Å². The van der Waals surface area contributed by atoms with Gasteiger partial charge in [-0.2, -0.15) is 0 Å². The van der Waals surface area contributed by atoms with Crippen LogP contribution in [-0.4, -0.2) is 25.1 Å². The molecule has 0 saturated carbocycles. The zero-order valence-corrected chi connectivity index (χ0v) is 12.3. The Balaban J connectivity index is 1.94. The van der Waals surface area contributed by atoms with E-state index in [-0.39, 0.29) is 18.0 Å². The molecular weight excluding hydrogens is 284 g/mol. The van der Waals surface area contributed by atoms with Crippen LogP contribution >= 0.6 is 0 Å². The van der Waals surface area contributed by atoms with Crippen molar-refractivity contribution in [1.82, 2.24) is 0 Å². The van der Waals surface area contributed by atoms with Crippen molar-refractivity contribution < 1.29 is 24.1 Å². The standard InChI is InChI=1S/C17H16O5/c1-20-11-4-5-12-13(18)9-16(22-17(12)8-11)10-3-6-15(21-2)14(19)7-10/h3-8,16,19H,9H2,1-2H3. The van der Waals surface area contributed by atoms with Crippen molar-refractivity contribution in [3.05, 3.63) is 47.5 Å². The number of carbonyl (C=O) groups excluding carboxylic acids is 1. The highest BCUT2D eigenvalue weighted by Crippen LogP contribution is 2.38. The second kappa shape index (κ2) is 5.60. The number of carbonyl (C=O) groups is 1. The first-order valence-electron chi connectivity index (χ1n) is 6.87. The van der Waals surface area contributed by atoms with E-state index >= 15 is 0 Å². The van der Waals surface area contributed by atoms with Gasteiger partial charge >= 0.3 is 0 Å². The number of hydrogen-bond donors (Lipinski definition) is 1. The number of phenolic OH excluding ortho intramolecular Hbond substituents is 1. The number of ketones is 1. The third-order valence-electron chi connectivity index (χ3n) is 3.70. The highest BCUT2D eigenvalue weighted by Gasteiger charge is 2.28. The van der Waals surface area contributed by atoms with Crippen LogP contribution in [0.1, 0.15) is 28.4 Å². The van der Waals surface area contributed by atoms with Crippen molar-refractivity contribution in [1.29, 1.82) is 0 Å². The van der Waals surface area contributed by atoms with E-state index in [1.165, 1.54) is 7.11 Å². The van der Waals surface area contributed by atoms with Crippen molar-refractivity contribution in [2.45, 2.75) is 12.5 Å². The summed E-state index contributed by atoms with van der Waals surface area (Å²) < 4.78 is 16.1. The maximum absolute atomic E-state index is 12.3. The number of fused-ring (bicyclic) bond motifs is 1. The average molecular weight is 300 g/mol. The van der Waals surface area contributed by atoms with E-state index in [0.717, 1.165) is 5.56 Å². The zero-order chi connectivity index (χ0) is 15.7. The number of hydrogen-bond acceptors (Lipinski definition) is 5. The number of benzene rings is 2. The van der Waals surface area contributed by atoms with Crippen LogP contribution in [-0.2, 0) is 0 Å². The molecule has 0 aliphatic carbocycles. The van der Waals surface area contributed by atoms with Crippen LogP contribution in [0.4, 0.5) is 0 Å². The molecule has 0 amide bonds. The summed E-state index contributed by atoms with van der Waals surface area (Å²) >= 11 is 0. The van der Waals surface area contributed by atoms with E-state index in [9.17, 15) is 9.90 Å². The lowest BCUT2D eigenvalue weighted by molar-refractivity contribution is 0.0849. The first-order valence-corrected chi connectivity index (χ1v) is 6.87. The van der Waals surface area contributed by atoms with Crippen molar-refractivity contribution in [3.8, 4) is 23.0 Å². The Morgan fingerprint density at radius 3 is 2.64 bits per heavy atom. The number of aromatic hydroxyl groups is 1. The maximum atomic E-state index is 12.3. The summed E-state index contributed by atoms with van der Waals surface area (Å²) in [7, 11) is 3.04. The summed E-state index contributed by atoms with van der Waals surface area (Å²) in [5, 5.41) is 9.88. The third-order valence-corrected chi connectivity index (χ3v) is 3.70. The Morgan fingerprint density at radius 2 is 1.95 bits per heavy atom. The van der Waals surface area contributed by atoms with Gasteiger partial charge in [0.05, 0.1) is 26.2 Å². The average Bonchev–Trinajstić information content (AvgIpc) is 2.54. The number of ether oxygens (including phenoxy) is 3. The smallest absolute Gasteiger partial charge is 0.170 e. The maximum Gasteiger partial charge on any atom is 0.170 e. The van der Waals surface area contributed by atoms with Gasteiger partial charge < -0.3 is 19.3 Å². The summed E-state index contributed by atoms with van der Waals surface area (Å²) in [6, 6.07) is 10.1. The fourth-order valence-corrected chi connectivity index (χ4v) is 2.52. The number of Topliss-reactive ketones (excluding diaryl/α,β-unsaturated/α-hetero) is 1. The fraction of sp³-hybridized carbons (Fsp3) is 0.235. The summed E-state index contributed by atoms with van der Waals surface area (Å²) in [5.74, 6) is 1.53. The molecule has 0 radical (unpaired) electrons. The molecule has 1 aliphatic rings. The normalized spacial score (nSPS) is 16.6. The Morgan fingerprint density at radius 1 is 1.14 bits per heavy atom. The van der Waals surface area contributed by atoms with E-state index in [1.54, 1.807) is 43.5 Å². The van der Waals surface area contributed by atoms with Crippen LogP contribution in [0.3, 0.4) is 0 Å². The molecule has 2 aromatic carbocycles. The Labute approximate surface area is 128 Å². The van der Waals surface area contributed by atoms with Gasteiger partial charge in [-0.25, -0.2) is 0 Å². The molecule has 1 heterocycles. The highest BCUT2D eigenvalue weighted by molar-refractivity contribution is 6.00. The van der Waals surface area contributed by atoms with E-state index < -0.39 is 6.10 Å². The molecule has 1 unspecified atom stereocenters. The Kier molecular flexibility index (Phi) is 3.63. The molecule has 0 aromatic heterocycles. The molecule has 0 spiro atoms. The first kappa shape index (κ1) is 14.3. The molecule has 0 bridgehead atoms. The molecule has 1 atom stereocenters. The molecule has 22 heavy (non-hydrogen) atoms. The van der Waals surface area contributed by atoms with Crippen molar-refractivity contribution >= 4 is 5.78 Å².